The SMILES string of the molecule is CCN(CC)CCSCCCC(C)NC. The van der Waals surface area contributed by atoms with Gasteiger partial charge in [0.15, 0.2) is 0 Å². The zero-order valence-electron chi connectivity index (χ0n) is 10.9. The first-order chi connectivity index (χ1) is 7.24. The maximum Gasteiger partial charge on any atom is 0.00721 e. The molecule has 2 nitrogen and oxygen atoms in total. The minimum atomic E-state index is 0.674. The summed E-state index contributed by atoms with van der Waals surface area (Å²) in [5.41, 5.74) is 0. The molecule has 92 valence electrons. The number of thioether (sulfide) groups is 1. The van der Waals surface area contributed by atoms with E-state index in [0.717, 1.165) is 0 Å². The van der Waals surface area contributed by atoms with Gasteiger partial charge in [0, 0.05) is 18.3 Å². The Bertz CT molecular complexity index is 127. The second kappa shape index (κ2) is 10.8. The van der Waals surface area contributed by atoms with E-state index < -0.39 is 0 Å². The predicted octanol–water partition coefficient (Wildman–Crippen LogP) is 2.45. The van der Waals surface area contributed by atoms with E-state index in [1.807, 2.05) is 7.05 Å². The highest BCUT2D eigenvalue weighted by atomic mass is 32.2. The first-order valence-corrected chi connectivity index (χ1v) is 7.37. The summed E-state index contributed by atoms with van der Waals surface area (Å²) in [6.07, 6.45) is 2.64. The van der Waals surface area contributed by atoms with Gasteiger partial charge < -0.3 is 10.2 Å². The van der Waals surface area contributed by atoms with Crippen molar-refractivity contribution in [2.75, 3.05) is 38.2 Å². The van der Waals surface area contributed by atoms with E-state index >= 15 is 0 Å². The maximum atomic E-state index is 3.27. The fourth-order valence-corrected chi connectivity index (χ4v) is 2.43. The van der Waals surface area contributed by atoms with Crippen LogP contribution in [0.3, 0.4) is 0 Å². The Morgan fingerprint density at radius 1 is 1.20 bits per heavy atom. The molecule has 0 amide bonds. The molecular formula is C12H28N2S. The van der Waals surface area contributed by atoms with Gasteiger partial charge >= 0.3 is 0 Å². The van der Waals surface area contributed by atoms with Crippen molar-refractivity contribution in [3.63, 3.8) is 0 Å². The summed E-state index contributed by atoms with van der Waals surface area (Å²) in [6.45, 7) is 10.4. The normalized spacial score (nSPS) is 13.4. The van der Waals surface area contributed by atoms with E-state index in [1.165, 1.54) is 44.0 Å². The molecule has 0 rings (SSSR count). The number of nitrogens with one attached hydrogen (secondary N) is 1. The minimum absolute atomic E-state index is 0.674. The molecule has 1 atom stereocenters. The lowest BCUT2D eigenvalue weighted by molar-refractivity contribution is 0.324. The van der Waals surface area contributed by atoms with E-state index in [1.54, 1.807) is 0 Å². The molecule has 0 spiro atoms. The Morgan fingerprint density at radius 3 is 2.40 bits per heavy atom. The second-order valence-electron chi connectivity index (χ2n) is 3.97. The van der Waals surface area contributed by atoms with Crippen LogP contribution in [0.1, 0.15) is 33.6 Å². The van der Waals surface area contributed by atoms with Crippen molar-refractivity contribution in [3.8, 4) is 0 Å². The van der Waals surface area contributed by atoms with Crippen molar-refractivity contribution in [1.82, 2.24) is 10.2 Å². The van der Waals surface area contributed by atoms with Crippen LogP contribution in [0.2, 0.25) is 0 Å². The van der Waals surface area contributed by atoms with Crippen LogP contribution in [0.5, 0.6) is 0 Å². The van der Waals surface area contributed by atoms with Gasteiger partial charge in [0.25, 0.3) is 0 Å². The van der Waals surface area contributed by atoms with Gasteiger partial charge in [-0.2, -0.15) is 11.8 Å². The topological polar surface area (TPSA) is 15.3 Å². The summed E-state index contributed by atoms with van der Waals surface area (Å²) >= 11 is 2.10. The molecule has 0 radical (unpaired) electrons. The first-order valence-electron chi connectivity index (χ1n) is 6.21. The Hall–Kier alpha value is 0.270. The summed E-state index contributed by atoms with van der Waals surface area (Å²) in [5.74, 6) is 2.60. The van der Waals surface area contributed by atoms with Gasteiger partial charge in [0.2, 0.25) is 0 Å². The van der Waals surface area contributed by atoms with Crippen molar-refractivity contribution >= 4 is 11.8 Å². The molecule has 0 aliphatic carbocycles. The van der Waals surface area contributed by atoms with Crippen molar-refractivity contribution in [3.05, 3.63) is 0 Å². The minimum Gasteiger partial charge on any atom is -0.317 e. The molecule has 0 aliphatic rings. The molecule has 0 aromatic heterocycles. The summed E-state index contributed by atoms with van der Waals surface area (Å²) < 4.78 is 0. The fraction of sp³-hybridized carbons (Fsp3) is 1.00. The molecule has 0 aliphatic heterocycles. The number of hydrogen-bond donors (Lipinski definition) is 1. The number of hydrogen-bond acceptors (Lipinski definition) is 3. The van der Waals surface area contributed by atoms with E-state index in [9.17, 15) is 0 Å². The van der Waals surface area contributed by atoms with Gasteiger partial charge in [0.05, 0.1) is 0 Å². The largest absolute Gasteiger partial charge is 0.317 e. The van der Waals surface area contributed by atoms with Crippen LogP contribution in [0.25, 0.3) is 0 Å². The molecule has 0 bridgehead atoms. The third-order valence-corrected chi connectivity index (χ3v) is 3.91. The quantitative estimate of drug-likeness (QED) is 0.583. The molecule has 1 unspecified atom stereocenters. The molecule has 0 fully saturated rings. The smallest absolute Gasteiger partial charge is 0.00721 e. The second-order valence-corrected chi connectivity index (χ2v) is 5.20. The monoisotopic (exact) mass is 232 g/mol. The molecule has 0 heterocycles. The first kappa shape index (κ1) is 15.3. The zero-order valence-corrected chi connectivity index (χ0v) is 11.7. The zero-order chi connectivity index (χ0) is 11.5. The van der Waals surface area contributed by atoms with E-state index in [0.29, 0.717) is 6.04 Å². The van der Waals surface area contributed by atoms with Gasteiger partial charge in [-0.25, -0.2) is 0 Å². The summed E-state index contributed by atoms with van der Waals surface area (Å²) in [6, 6.07) is 0.674. The molecule has 0 aromatic carbocycles. The molecule has 0 aromatic rings. The number of rotatable bonds is 10. The lowest BCUT2D eigenvalue weighted by Crippen LogP contribution is -2.25. The molecular weight excluding hydrogens is 204 g/mol. The fourth-order valence-electron chi connectivity index (χ4n) is 1.47. The van der Waals surface area contributed by atoms with Crippen LogP contribution in [-0.2, 0) is 0 Å². The average Bonchev–Trinajstić information content (AvgIpc) is 2.28. The van der Waals surface area contributed by atoms with Gasteiger partial charge in [-0.1, -0.05) is 13.8 Å². The summed E-state index contributed by atoms with van der Waals surface area (Å²) in [7, 11) is 2.04. The van der Waals surface area contributed by atoms with Crippen molar-refractivity contribution < 1.29 is 0 Å². The molecule has 0 saturated heterocycles. The van der Waals surface area contributed by atoms with Gasteiger partial charge in [-0.3, -0.25) is 0 Å². The Labute approximate surface area is 100 Å². The highest BCUT2D eigenvalue weighted by Gasteiger charge is 1.99. The van der Waals surface area contributed by atoms with Crippen molar-refractivity contribution in [2.45, 2.75) is 39.7 Å². The third-order valence-electron chi connectivity index (χ3n) is 2.86. The Morgan fingerprint density at radius 2 is 1.87 bits per heavy atom. The van der Waals surface area contributed by atoms with E-state index in [2.05, 4.69) is 42.7 Å². The van der Waals surface area contributed by atoms with Crippen LogP contribution >= 0.6 is 11.8 Å². The molecule has 0 saturated carbocycles. The van der Waals surface area contributed by atoms with Gasteiger partial charge in [-0.15, -0.1) is 0 Å². The van der Waals surface area contributed by atoms with E-state index in [4.69, 9.17) is 0 Å². The summed E-state index contributed by atoms with van der Waals surface area (Å²) in [4.78, 5) is 2.49. The lowest BCUT2D eigenvalue weighted by atomic mass is 10.2. The molecule has 3 heteroatoms. The van der Waals surface area contributed by atoms with E-state index in [-0.39, 0.29) is 0 Å². The Balaban J connectivity index is 3.17. The van der Waals surface area contributed by atoms with Crippen LogP contribution < -0.4 is 5.32 Å². The lowest BCUT2D eigenvalue weighted by Gasteiger charge is -2.17. The standard InChI is InChI=1S/C12H28N2S/c1-5-14(6-2)9-11-15-10-7-8-12(3)13-4/h12-13H,5-11H2,1-4H3. The van der Waals surface area contributed by atoms with Crippen LogP contribution in [0.4, 0.5) is 0 Å². The van der Waals surface area contributed by atoms with Crippen LogP contribution in [-0.4, -0.2) is 49.1 Å². The van der Waals surface area contributed by atoms with Crippen molar-refractivity contribution in [2.24, 2.45) is 0 Å². The molecule has 15 heavy (non-hydrogen) atoms. The highest BCUT2D eigenvalue weighted by Crippen LogP contribution is 2.06. The van der Waals surface area contributed by atoms with Gasteiger partial charge in [-0.05, 0) is 45.7 Å². The highest BCUT2D eigenvalue weighted by molar-refractivity contribution is 7.99. The van der Waals surface area contributed by atoms with Crippen LogP contribution in [0, 0.1) is 0 Å². The Kier molecular flexibility index (Phi) is 11.0. The number of nitrogens with zero attached hydrogens (tertiary/aromatic N) is 1. The molecule has 1 N–H and O–H groups in total. The maximum absolute atomic E-state index is 3.27. The summed E-state index contributed by atoms with van der Waals surface area (Å²) in [5, 5.41) is 3.27. The average molecular weight is 232 g/mol. The van der Waals surface area contributed by atoms with Gasteiger partial charge in [0.1, 0.15) is 0 Å². The van der Waals surface area contributed by atoms with Crippen molar-refractivity contribution in [1.29, 1.82) is 0 Å². The third kappa shape index (κ3) is 9.21. The predicted molar refractivity (Wildman–Crippen MR) is 72.9 cm³/mol. The van der Waals surface area contributed by atoms with Crippen LogP contribution in [0.15, 0.2) is 0 Å².